The summed E-state index contributed by atoms with van der Waals surface area (Å²) >= 11 is 0. The Labute approximate surface area is 126 Å². The van der Waals surface area contributed by atoms with Crippen molar-refractivity contribution < 1.29 is 9.13 Å². The molecule has 0 bridgehead atoms. The second-order valence-electron chi connectivity index (χ2n) is 5.39. The van der Waals surface area contributed by atoms with Gasteiger partial charge in [0.25, 0.3) is 0 Å². The van der Waals surface area contributed by atoms with Crippen molar-refractivity contribution in [3.63, 3.8) is 0 Å². The van der Waals surface area contributed by atoms with E-state index in [1.165, 1.54) is 11.6 Å². The molecule has 0 spiro atoms. The Morgan fingerprint density at radius 1 is 1.14 bits per heavy atom. The SMILES string of the molecule is COc1ccc(CCC(C)Nc2cc(F)ccc2C)cc1. The van der Waals surface area contributed by atoms with E-state index in [4.69, 9.17) is 4.74 Å². The standard InChI is InChI=1S/C18H22FNO/c1-13-4-9-16(19)12-18(13)20-14(2)5-6-15-7-10-17(21-3)11-8-15/h4,7-12,14,20H,5-6H2,1-3H3. The minimum absolute atomic E-state index is 0.203. The fourth-order valence-corrected chi connectivity index (χ4v) is 2.26. The highest BCUT2D eigenvalue weighted by molar-refractivity contribution is 5.51. The summed E-state index contributed by atoms with van der Waals surface area (Å²) < 4.78 is 18.4. The summed E-state index contributed by atoms with van der Waals surface area (Å²) in [5.41, 5.74) is 3.21. The Hall–Kier alpha value is -2.03. The lowest BCUT2D eigenvalue weighted by molar-refractivity contribution is 0.414. The molecule has 0 amide bonds. The van der Waals surface area contributed by atoms with E-state index in [0.717, 1.165) is 29.8 Å². The van der Waals surface area contributed by atoms with Crippen LogP contribution in [-0.4, -0.2) is 13.2 Å². The third-order valence-corrected chi connectivity index (χ3v) is 3.63. The predicted molar refractivity (Wildman–Crippen MR) is 85.5 cm³/mol. The summed E-state index contributed by atoms with van der Waals surface area (Å²) in [5, 5.41) is 3.38. The van der Waals surface area contributed by atoms with Crippen LogP contribution >= 0.6 is 0 Å². The summed E-state index contributed by atoms with van der Waals surface area (Å²) in [5.74, 6) is 0.672. The van der Waals surface area contributed by atoms with Crippen molar-refractivity contribution in [2.45, 2.75) is 32.7 Å². The number of hydrogen-bond acceptors (Lipinski definition) is 2. The summed E-state index contributed by atoms with van der Waals surface area (Å²) in [7, 11) is 1.67. The van der Waals surface area contributed by atoms with Crippen LogP contribution < -0.4 is 10.1 Å². The molecule has 0 heterocycles. The van der Waals surface area contributed by atoms with Gasteiger partial charge in [-0.15, -0.1) is 0 Å². The van der Waals surface area contributed by atoms with Gasteiger partial charge in [0.2, 0.25) is 0 Å². The molecule has 1 atom stereocenters. The fourth-order valence-electron chi connectivity index (χ4n) is 2.26. The van der Waals surface area contributed by atoms with Crippen molar-refractivity contribution >= 4 is 5.69 Å². The first-order valence-corrected chi connectivity index (χ1v) is 7.24. The number of methoxy groups -OCH3 is 1. The summed E-state index contributed by atoms with van der Waals surface area (Å²) in [4.78, 5) is 0. The maximum absolute atomic E-state index is 13.3. The number of benzene rings is 2. The lowest BCUT2D eigenvalue weighted by Gasteiger charge is -2.17. The first-order chi connectivity index (χ1) is 10.1. The molecule has 0 saturated carbocycles. The minimum Gasteiger partial charge on any atom is -0.497 e. The van der Waals surface area contributed by atoms with Gasteiger partial charge >= 0.3 is 0 Å². The van der Waals surface area contributed by atoms with E-state index in [1.807, 2.05) is 19.1 Å². The molecular formula is C18H22FNO. The molecule has 0 aliphatic heterocycles. The molecule has 2 rings (SSSR count). The van der Waals surface area contributed by atoms with Crippen molar-refractivity contribution in [3.05, 3.63) is 59.4 Å². The maximum atomic E-state index is 13.3. The second-order valence-corrected chi connectivity index (χ2v) is 5.39. The van der Waals surface area contributed by atoms with Crippen LogP contribution in [0.4, 0.5) is 10.1 Å². The van der Waals surface area contributed by atoms with Gasteiger partial charge in [0.05, 0.1) is 7.11 Å². The highest BCUT2D eigenvalue weighted by Crippen LogP contribution is 2.19. The Balaban J connectivity index is 1.89. The molecule has 1 unspecified atom stereocenters. The molecule has 2 nitrogen and oxygen atoms in total. The Morgan fingerprint density at radius 3 is 2.52 bits per heavy atom. The fraction of sp³-hybridized carbons (Fsp3) is 0.333. The van der Waals surface area contributed by atoms with E-state index in [0.29, 0.717) is 0 Å². The zero-order chi connectivity index (χ0) is 15.2. The first kappa shape index (κ1) is 15.4. The summed E-state index contributed by atoms with van der Waals surface area (Å²) in [6.45, 7) is 4.10. The van der Waals surface area contributed by atoms with E-state index < -0.39 is 0 Å². The van der Waals surface area contributed by atoms with Crippen molar-refractivity contribution in [3.8, 4) is 5.75 Å². The van der Waals surface area contributed by atoms with Crippen LogP contribution in [-0.2, 0) is 6.42 Å². The molecule has 0 radical (unpaired) electrons. The largest absolute Gasteiger partial charge is 0.497 e. The Bertz CT molecular complexity index is 580. The summed E-state index contributed by atoms with van der Waals surface area (Å²) in [6.07, 6.45) is 1.97. The number of hydrogen-bond donors (Lipinski definition) is 1. The molecule has 3 heteroatoms. The molecule has 0 fully saturated rings. The van der Waals surface area contributed by atoms with Crippen LogP contribution in [0.25, 0.3) is 0 Å². The number of ether oxygens (including phenoxy) is 1. The van der Waals surface area contributed by atoms with Crippen LogP contribution in [0.15, 0.2) is 42.5 Å². The van der Waals surface area contributed by atoms with Crippen molar-refractivity contribution in [1.29, 1.82) is 0 Å². The predicted octanol–water partition coefficient (Wildman–Crippen LogP) is 4.58. The third-order valence-electron chi connectivity index (χ3n) is 3.63. The third kappa shape index (κ3) is 4.48. The van der Waals surface area contributed by atoms with Gasteiger partial charge < -0.3 is 10.1 Å². The van der Waals surface area contributed by atoms with Gasteiger partial charge in [0.15, 0.2) is 0 Å². The van der Waals surface area contributed by atoms with Crippen molar-refractivity contribution in [2.24, 2.45) is 0 Å². The van der Waals surface area contributed by atoms with Crippen LogP contribution in [0, 0.1) is 12.7 Å². The maximum Gasteiger partial charge on any atom is 0.125 e. The van der Waals surface area contributed by atoms with Crippen LogP contribution in [0.3, 0.4) is 0 Å². The number of aryl methyl sites for hydroxylation is 2. The van der Waals surface area contributed by atoms with E-state index >= 15 is 0 Å². The zero-order valence-electron chi connectivity index (χ0n) is 12.8. The second kappa shape index (κ2) is 7.11. The van der Waals surface area contributed by atoms with E-state index in [2.05, 4.69) is 24.4 Å². The average molecular weight is 287 g/mol. The molecule has 2 aromatic rings. The lowest BCUT2D eigenvalue weighted by atomic mass is 10.1. The number of nitrogens with one attached hydrogen (secondary N) is 1. The van der Waals surface area contributed by atoms with Gasteiger partial charge in [-0.2, -0.15) is 0 Å². The van der Waals surface area contributed by atoms with Crippen molar-refractivity contribution in [2.75, 3.05) is 12.4 Å². The van der Waals surface area contributed by atoms with Gasteiger partial charge in [0.1, 0.15) is 11.6 Å². The van der Waals surface area contributed by atoms with Gasteiger partial charge in [-0.05, 0) is 62.1 Å². The molecule has 2 aromatic carbocycles. The highest BCUT2D eigenvalue weighted by atomic mass is 19.1. The van der Waals surface area contributed by atoms with Crippen LogP contribution in [0.2, 0.25) is 0 Å². The molecule has 112 valence electrons. The minimum atomic E-state index is -0.203. The van der Waals surface area contributed by atoms with Gasteiger partial charge in [-0.25, -0.2) is 4.39 Å². The molecule has 0 aliphatic carbocycles. The quantitative estimate of drug-likeness (QED) is 0.840. The number of anilines is 1. The van der Waals surface area contributed by atoms with Crippen LogP contribution in [0.5, 0.6) is 5.75 Å². The first-order valence-electron chi connectivity index (χ1n) is 7.24. The van der Waals surface area contributed by atoms with Crippen LogP contribution in [0.1, 0.15) is 24.5 Å². The molecule has 1 N–H and O–H groups in total. The van der Waals surface area contributed by atoms with Gasteiger partial charge in [-0.1, -0.05) is 18.2 Å². The Morgan fingerprint density at radius 2 is 1.86 bits per heavy atom. The molecule has 0 aromatic heterocycles. The molecule has 0 saturated heterocycles. The lowest BCUT2D eigenvalue weighted by Crippen LogP contribution is -2.16. The monoisotopic (exact) mass is 287 g/mol. The zero-order valence-corrected chi connectivity index (χ0v) is 12.8. The smallest absolute Gasteiger partial charge is 0.125 e. The van der Waals surface area contributed by atoms with Crippen molar-refractivity contribution in [1.82, 2.24) is 0 Å². The van der Waals surface area contributed by atoms with Gasteiger partial charge in [0, 0.05) is 11.7 Å². The highest BCUT2D eigenvalue weighted by Gasteiger charge is 2.06. The Kier molecular flexibility index (Phi) is 5.20. The van der Waals surface area contributed by atoms with Gasteiger partial charge in [-0.3, -0.25) is 0 Å². The number of halogens is 1. The van der Waals surface area contributed by atoms with E-state index in [1.54, 1.807) is 19.2 Å². The summed E-state index contributed by atoms with van der Waals surface area (Å²) in [6, 6.07) is 13.2. The van der Waals surface area contributed by atoms with E-state index in [-0.39, 0.29) is 11.9 Å². The normalized spacial score (nSPS) is 12.0. The molecular weight excluding hydrogens is 265 g/mol. The van der Waals surface area contributed by atoms with E-state index in [9.17, 15) is 4.39 Å². The average Bonchev–Trinajstić information content (AvgIpc) is 2.49. The number of rotatable bonds is 6. The molecule has 0 aliphatic rings. The molecule has 21 heavy (non-hydrogen) atoms. The topological polar surface area (TPSA) is 21.3 Å².